The van der Waals surface area contributed by atoms with Crippen LogP contribution in [0.2, 0.25) is 0 Å². The first-order valence-electron chi connectivity index (χ1n) is 10.5. The number of hydrogen-bond donors (Lipinski definition) is 1. The first-order valence-corrected chi connectivity index (χ1v) is 10.5. The van der Waals surface area contributed by atoms with Crippen LogP contribution in [0.1, 0.15) is 15.9 Å². The fourth-order valence-corrected chi connectivity index (χ4v) is 3.60. The smallest absolute Gasteiger partial charge is 0.257 e. The molecule has 3 aromatic carbocycles. The molecule has 0 unspecified atom stereocenters. The van der Waals surface area contributed by atoms with Crippen molar-refractivity contribution in [3.63, 3.8) is 0 Å². The van der Waals surface area contributed by atoms with Gasteiger partial charge in [-0.3, -0.25) is 10.1 Å². The number of carbonyl (C=O) groups is 1. The van der Waals surface area contributed by atoms with Gasteiger partial charge >= 0.3 is 0 Å². The first-order chi connectivity index (χ1) is 15.5. The van der Waals surface area contributed by atoms with E-state index in [1.54, 1.807) is 12.1 Å². The summed E-state index contributed by atoms with van der Waals surface area (Å²) in [4.78, 5) is 21.7. The number of benzene rings is 3. The lowest BCUT2D eigenvalue weighted by molar-refractivity contribution is 0.0971. The number of halogens is 2. The van der Waals surface area contributed by atoms with Gasteiger partial charge in [0.1, 0.15) is 11.6 Å². The lowest BCUT2D eigenvalue weighted by Crippen LogP contribution is -2.53. The predicted octanol–water partition coefficient (Wildman–Crippen LogP) is 4.51. The van der Waals surface area contributed by atoms with Gasteiger partial charge in [0.15, 0.2) is 0 Å². The van der Waals surface area contributed by atoms with Crippen molar-refractivity contribution in [2.75, 3.05) is 31.1 Å². The molecular weight excluding hydrogens is 410 g/mol. The van der Waals surface area contributed by atoms with Crippen molar-refractivity contribution in [2.45, 2.75) is 6.92 Å². The molecule has 0 radical (unpaired) electrons. The van der Waals surface area contributed by atoms with Crippen molar-refractivity contribution in [1.29, 1.82) is 0 Å². The average Bonchev–Trinajstić information content (AvgIpc) is 2.80. The zero-order valence-electron chi connectivity index (χ0n) is 17.8. The molecule has 1 amide bonds. The quantitative estimate of drug-likeness (QED) is 0.487. The Morgan fingerprint density at radius 3 is 2.12 bits per heavy atom. The molecule has 4 rings (SSSR count). The summed E-state index contributed by atoms with van der Waals surface area (Å²) in [6, 6.07) is 19.6. The van der Waals surface area contributed by atoms with Crippen LogP contribution in [0.5, 0.6) is 0 Å². The summed E-state index contributed by atoms with van der Waals surface area (Å²) in [6.45, 7) is 4.64. The number of nitrogens with one attached hydrogen (secondary N) is 1. The van der Waals surface area contributed by atoms with E-state index in [2.05, 4.69) is 10.2 Å². The van der Waals surface area contributed by atoms with Gasteiger partial charge in [-0.15, -0.1) is 0 Å². The highest BCUT2D eigenvalue weighted by Gasteiger charge is 2.22. The van der Waals surface area contributed by atoms with Crippen molar-refractivity contribution in [3.05, 3.63) is 95.6 Å². The normalized spacial score (nSPS) is 14.4. The molecule has 1 fully saturated rings. The lowest BCUT2D eigenvalue weighted by Gasteiger charge is -2.37. The Labute approximate surface area is 186 Å². The van der Waals surface area contributed by atoms with Crippen LogP contribution in [0, 0.1) is 18.6 Å². The highest BCUT2D eigenvalue weighted by Crippen LogP contribution is 2.19. The summed E-state index contributed by atoms with van der Waals surface area (Å²) < 4.78 is 26.5. The van der Waals surface area contributed by atoms with Gasteiger partial charge in [0.05, 0.1) is 5.69 Å². The van der Waals surface area contributed by atoms with Crippen LogP contribution in [-0.2, 0) is 0 Å². The van der Waals surface area contributed by atoms with Crippen molar-refractivity contribution in [3.8, 4) is 0 Å². The maximum atomic E-state index is 13.2. The SMILES string of the molecule is Cc1cccc(N=C(NC(=O)c2ccc(F)cc2)N2CCN(c3ccc(F)cc3)CC2)c1. The van der Waals surface area contributed by atoms with E-state index in [1.807, 2.05) is 36.1 Å². The van der Waals surface area contributed by atoms with Gasteiger partial charge in [0.2, 0.25) is 5.96 Å². The molecule has 0 aliphatic carbocycles. The van der Waals surface area contributed by atoms with Crippen molar-refractivity contribution in [1.82, 2.24) is 10.2 Å². The van der Waals surface area contributed by atoms with E-state index in [4.69, 9.17) is 4.99 Å². The van der Waals surface area contributed by atoms with Crippen molar-refractivity contribution < 1.29 is 13.6 Å². The summed E-state index contributed by atoms with van der Waals surface area (Å²) >= 11 is 0. The number of piperazine rings is 1. The molecule has 164 valence electrons. The third-order valence-corrected chi connectivity index (χ3v) is 5.34. The summed E-state index contributed by atoms with van der Waals surface area (Å²) in [5.41, 5.74) is 3.11. The van der Waals surface area contributed by atoms with Gasteiger partial charge < -0.3 is 9.80 Å². The van der Waals surface area contributed by atoms with E-state index in [-0.39, 0.29) is 11.7 Å². The molecule has 1 N–H and O–H groups in total. The number of guanidine groups is 1. The number of aliphatic imine (C=N–C) groups is 1. The van der Waals surface area contributed by atoms with Gasteiger partial charge in [0.25, 0.3) is 5.91 Å². The fraction of sp³-hybridized carbons (Fsp3) is 0.200. The second-order valence-corrected chi connectivity index (χ2v) is 7.69. The third-order valence-electron chi connectivity index (χ3n) is 5.34. The van der Waals surface area contributed by atoms with Gasteiger partial charge in [-0.05, 0) is 73.2 Å². The Morgan fingerprint density at radius 2 is 1.50 bits per heavy atom. The molecule has 1 saturated heterocycles. The lowest BCUT2D eigenvalue weighted by atomic mass is 10.2. The number of hydrogen-bond acceptors (Lipinski definition) is 3. The topological polar surface area (TPSA) is 47.9 Å². The summed E-state index contributed by atoms with van der Waals surface area (Å²) in [5, 5.41) is 2.90. The van der Waals surface area contributed by atoms with Gasteiger partial charge in [-0.1, -0.05) is 12.1 Å². The largest absolute Gasteiger partial charge is 0.368 e. The number of anilines is 1. The fourth-order valence-electron chi connectivity index (χ4n) is 3.60. The third kappa shape index (κ3) is 5.29. The molecule has 1 aliphatic heterocycles. The molecule has 1 aliphatic rings. The van der Waals surface area contributed by atoms with Gasteiger partial charge in [0, 0.05) is 37.4 Å². The number of carbonyl (C=O) groups excluding carboxylic acids is 1. The van der Waals surface area contributed by atoms with Crippen molar-refractivity contribution >= 4 is 23.2 Å². The highest BCUT2D eigenvalue weighted by atomic mass is 19.1. The van der Waals surface area contributed by atoms with Crippen LogP contribution in [0.4, 0.5) is 20.2 Å². The van der Waals surface area contributed by atoms with Gasteiger partial charge in [-0.2, -0.15) is 0 Å². The molecule has 3 aromatic rings. The molecule has 32 heavy (non-hydrogen) atoms. The highest BCUT2D eigenvalue weighted by molar-refractivity contribution is 6.06. The van der Waals surface area contributed by atoms with E-state index < -0.39 is 5.82 Å². The minimum absolute atomic E-state index is 0.261. The standard InChI is InChI=1S/C25H24F2N4O/c1-18-3-2-4-22(17-18)28-25(29-24(32)19-5-7-20(26)8-6-19)31-15-13-30(14-16-31)23-11-9-21(27)10-12-23/h2-12,17H,13-16H2,1H3,(H,28,29,32). The van der Waals surface area contributed by atoms with Crippen LogP contribution in [-0.4, -0.2) is 42.9 Å². The van der Waals surface area contributed by atoms with E-state index in [0.29, 0.717) is 37.7 Å². The first kappa shape index (κ1) is 21.5. The molecule has 1 heterocycles. The maximum absolute atomic E-state index is 13.2. The minimum atomic E-state index is -0.396. The zero-order chi connectivity index (χ0) is 22.5. The molecular formula is C25H24F2N4O. The Morgan fingerprint density at radius 1 is 0.875 bits per heavy atom. The Hall–Kier alpha value is -3.74. The Balaban J connectivity index is 1.53. The van der Waals surface area contributed by atoms with E-state index in [1.165, 1.54) is 36.4 Å². The maximum Gasteiger partial charge on any atom is 0.257 e. The predicted molar refractivity (Wildman–Crippen MR) is 122 cm³/mol. The summed E-state index contributed by atoms with van der Waals surface area (Å²) in [6.07, 6.45) is 0. The van der Waals surface area contributed by atoms with Crippen LogP contribution in [0.3, 0.4) is 0 Å². The van der Waals surface area contributed by atoms with Crippen molar-refractivity contribution in [2.24, 2.45) is 4.99 Å². The Bertz CT molecular complexity index is 1110. The monoisotopic (exact) mass is 434 g/mol. The second-order valence-electron chi connectivity index (χ2n) is 7.69. The molecule has 0 spiro atoms. The molecule has 5 nitrogen and oxygen atoms in total. The van der Waals surface area contributed by atoms with Crippen LogP contribution >= 0.6 is 0 Å². The molecule has 7 heteroatoms. The molecule has 0 aromatic heterocycles. The minimum Gasteiger partial charge on any atom is -0.368 e. The molecule has 0 bridgehead atoms. The number of aryl methyl sites for hydroxylation is 1. The number of nitrogens with zero attached hydrogens (tertiary/aromatic N) is 3. The average molecular weight is 434 g/mol. The van der Waals surface area contributed by atoms with Crippen LogP contribution in [0.15, 0.2) is 77.8 Å². The summed E-state index contributed by atoms with van der Waals surface area (Å²) in [5.74, 6) is -0.559. The van der Waals surface area contributed by atoms with Gasteiger partial charge in [-0.25, -0.2) is 13.8 Å². The van der Waals surface area contributed by atoms with Crippen LogP contribution < -0.4 is 10.2 Å². The molecule has 0 atom stereocenters. The number of rotatable bonds is 3. The van der Waals surface area contributed by atoms with E-state index >= 15 is 0 Å². The van der Waals surface area contributed by atoms with Crippen LogP contribution in [0.25, 0.3) is 0 Å². The second kappa shape index (κ2) is 9.60. The number of amides is 1. The van der Waals surface area contributed by atoms with E-state index in [9.17, 15) is 13.6 Å². The Kier molecular flexibility index (Phi) is 6.44. The summed E-state index contributed by atoms with van der Waals surface area (Å²) in [7, 11) is 0. The molecule has 0 saturated carbocycles. The van der Waals surface area contributed by atoms with E-state index in [0.717, 1.165) is 16.9 Å². The zero-order valence-corrected chi connectivity index (χ0v) is 17.8.